The van der Waals surface area contributed by atoms with E-state index < -0.39 is 5.60 Å². The molecule has 0 unspecified atom stereocenters. The summed E-state index contributed by atoms with van der Waals surface area (Å²) < 4.78 is 15.2. The number of anilines is 1. The molecule has 0 atom stereocenters. The number of nitrogens with one attached hydrogen (secondary N) is 1. The third-order valence-electron chi connectivity index (χ3n) is 4.78. The molecule has 0 aliphatic heterocycles. The van der Waals surface area contributed by atoms with Gasteiger partial charge < -0.3 is 16.2 Å². The van der Waals surface area contributed by atoms with E-state index in [4.69, 9.17) is 23.1 Å². The van der Waals surface area contributed by atoms with Crippen LogP contribution in [0, 0.1) is 5.82 Å². The largest absolute Gasteiger partial charge is 0.389 e. The Morgan fingerprint density at radius 1 is 1.13 bits per heavy atom. The maximum Gasteiger partial charge on any atom is 0.177 e. The van der Waals surface area contributed by atoms with Gasteiger partial charge in [-0.3, -0.25) is 0 Å². The molecule has 0 spiro atoms. The lowest BCUT2D eigenvalue weighted by Gasteiger charge is -2.19. The molecule has 4 N–H and O–H groups in total. The fourth-order valence-corrected chi connectivity index (χ4v) is 3.31. The third-order valence-corrected chi connectivity index (χ3v) is 5.02. The number of aliphatic hydroxyl groups is 1. The number of benzene rings is 2. The second-order valence-corrected chi connectivity index (χ2v) is 8.38. The maximum atomic E-state index is 13.4. The molecular formula is C23H22FN5OS. The highest BCUT2D eigenvalue weighted by atomic mass is 32.1. The second-order valence-electron chi connectivity index (χ2n) is 7.94. The average molecular weight is 436 g/mol. The van der Waals surface area contributed by atoms with Crippen LogP contribution in [0.5, 0.6) is 0 Å². The van der Waals surface area contributed by atoms with Gasteiger partial charge in [-0.25, -0.2) is 13.9 Å². The van der Waals surface area contributed by atoms with Crippen LogP contribution in [-0.2, 0) is 0 Å². The van der Waals surface area contributed by atoms with Gasteiger partial charge in [-0.1, -0.05) is 36.5 Å². The molecule has 0 aliphatic carbocycles. The first kappa shape index (κ1) is 20.9. The molecule has 2 heterocycles. The fraction of sp³-hybridized carbons (Fsp3) is 0.174. The number of hydrogen-bond acceptors (Lipinski definition) is 5. The smallest absolute Gasteiger partial charge is 0.177 e. The molecule has 0 aliphatic rings. The zero-order valence-corrected chi connectivity index (χ0v) is 17.9. The minimum absolute atomic E-state index is 0.313. The Bertz CT molecular complexity index is 1240. The molecule has 31 heavy (non-hydrogen) atoms. The summed E-state index contributed by atoms with van der Waals surface area (Å²) in [4.78, 5) is 4.88. The van der Waals surface area contributed by atoms with E-state index in [1.807, 2.05) is 30.3 Å². The van der Waals surface area contributed by atoms with Crippen molar-refractivity contribution in [1.29, 1.82) is 0 Å². The van der Waals surface area contributed by atoms with E-state index in [9.17, 15) is 9.50 Å². The summed E-state index contributed by atoms with van der Waals surface area (Å²) in [5.41, 5.74) is 9.97. The summed E-state index contributed by atoms with van der Waals surface area (Å²) >= 11 is 5.03. The van der Waals surface area contributed by atoms with Gasteiger partial charge in [-0.15, -0.1) is 0 Å². The van der Waals surface area contributed by atoms with E-state index in [-0.39, 0.29) is 5.82 Å². The standard InChI is InChI=1S/C23H22FN5OS/c1-23(2,30)13-27-19-11-18(14-7-9-17(24)10-8-14)28-29-20(12-26-22(19)29)15-3-5-16(6-4-15)21(25)31/h3-12,27,30H,13H2,1-2H3,(H2,25,31). The summed E-state index contributed by atoms with van der Waals surface area (Å²) in [6, 6.07) is 15.5. The van der Waals surface area contributed by atoms with E-state index >= 15 is 0 Å². The number of nitrogens with zero attached hydrogens (tertiary/aromatic N) is 3. The van der Waals surface area contributed by atoms with E-state index in [0.29, 0.717) is 28.6 Å². The number of thiocarbonyl (C=S) groups is 1. The Hall–Kier alpha value is -3.36. The summed E-state index contributed by atoms with van der Waals surface area (Å²) in [6.45, 7) is 3.76. The molecule has 0 saturated carbocycles. The highest BCUT2D eigenvalue weighted by Gasteiger charge is 2.17. The summed E-state index contributed by atoms with van der Waals surface area (Å²) in [5, 5.41) is 18.2. The quantitative estimate of drug-likeness (QED) is 0.397. The number of hydrogen-bond donors (Lipinski definition) is 3. The summed E-state index contributed by atoms with van der Waals surface area (Å²) in [7, 11) is 0. The first-order valence-corrected chi connectivity index (χ1v) is 10.1. The monoisotopic (exact) mass is 435 g/mol. The van der Waals surface area contributed by atoms with Crippen molar-refractivity contribution < 1.29 is 9.50 Å². The van der Waals surface area contributed by atoms with Gasteiger partial charge in [0.25, 0.3) is 0 Å². The Kier molecular flexibility index (Phi) is 5.43. The number of imidazole rings is 1. The molecule has 6 nitrogen and oxygen atoms in total. The van der Waals surface area contributed by atoms with E-state index in [1.54, 1.807) is 36.7 Å². The molecule has 2 aromatic heterocycles. The number of nitrogens with two attached hydrogens (primary N) is 1. The van der Waals surface area contributed by atoms with Crippen molar-refractivity contribution in [3.05, 3.63) is 72.2 Å². The van der Waals surface area contributed by atoms with Crippen LogP contribution in [-0.4, -0.2) is 36.8 Å². The van der Waals surface area contributed by atoms with Crippen molar-refractivity contribution in [2.45, 2.75) is 19.4 Å². The van der Waals surface area contributed by atoms with Crippen LogP contribution in [0.2, 0.25) is 0 Å². The van der Waals surface area contributed by atoms with Gasteiger partial charge in [-0.2, -0.15) is 5.10 Å². The summed E-state index contributed by atoms with van der Waals surface area (Å²) in [5.74, 6) is -0.313. The van der Waals surface area contributed by atoms with Crippen molar-refractivity contribution in [3.63, 3.8) is 0 Å². The van der Waals surface area contributed by atoms with E-state index in [0.717, 1.165) is 22.4 Å². The molecule has 0 saturated heterocycles. The predicted molar refractivity (Wildman–Crippen MR) is 124 cm³/mol. The third kappa shape index (κ3) is 4.55. The van der Waals surface area contributed by atoms with Gasteiger partial charge in [0.15, 0.2) is 5.65 Å². The second kappa shape index (κ2) is 8.05. The molecule has 158 valence electrons. The average Bonchev–Trinajstić information content (AvgIpc) is 3.16. The number of halogens is 1. The van der Waals surface area contributed by atoms with Crippen molar-refractivity contribution in [2.24, 2.45) is 5.73 Å². The molecule has 4 rings (SSSR count). The molecule has 8 heteroatoms. The lowest BCUT2D eigenvalue weighted by Crippen LogP contribution is -2.29. The molecule has 0 amide bonds. The van der Waals surface area contributed by atoms with Crippen LogP contribution in [0.15, 0.2) is 60.8 Å². The van der Waals surface area contributed by atoms with Crippen LogP contribution < -0.4 is 11.1 Å². The maximum absolute atomic E-state index is 13.4. The highest BCUT2D eigenvalue weighted by molar-refractivity contribution is 7.80. The Labute approximate surface area is 184 Å². The molecule has 0 radical (unpaired) electrons. The van der Waals surface area contributed by atoms with Crippen LogP contribution in [0.3, 0.4) is 0 Å². The number of fused-ring (bicyclic) bond motifs is 1. The normalized spacial score (nSPS) is 11.6. The lowest BCUT2D eigenvalue weighted by molar-refractivity contribution is 0.0945. The van der Waals surface area contributed by atoms with Gasteiger partial charge in [0, 0.05) is 23.2 Å². The van der Waals surface area contributed by atoms with Gasteiger partial charge in [0.05, 0.1) is 28.9 Å². The number of aromatic nitrogens is 3. The summed E-state index contributed by atoms with van der Waals surface area (Å²) in [6.07, 6.45) is 1.74. The van der Waals surface area contributed by atoms with Crippen molar-refractivity contribution >= 4 is 28.5 Å². The SMILES string of the molecule is CC(C)(O)CNc1cc(-c2ccc(F)cc2)nn2c(-c3ccc(C(N)=S)cc3)cnc12. The minimum Gasteiger partial charge on any atom is -0.389 e. The molecule has 0 fully saturated rings. The van der Waals surface area contributed by atoms with Gasteiger partial charge in [0.1, 0.15) is 10.8 Å². The van der Waals surface area contributed by atoms with Crippen molar-refractivity contribution in [1.82, 2.24) is 14.6 Å². The molecule has 4 aromatic rings. The zero-order valence-electron chi connectivity index (χ0n) is 17.1. The van der Waals surface area contributed by atoms with E-state index in [2.05, 4.69) is 10.3 Å². The molecule has 0 bridgehead atoms. The fourth-order valence-electron chi connectivity index (χ4n) is 3.17. The lowest BCUT2D eigenvalue weighted by atomic mass is 10.1. The highest BCUT2D eigenvalue weighted by Crippen LogP contribution is 2.28. The Balaban J connectivity index is 1.86. The van der Waals surface area contributed by atoms with Crippen LogP contribution in [0.1, 0.15) is 19.4 Å². The van der Waals surface area contributed by atoms with Gasteiger partial charge >= 0.3 is 0 Å². The molecule has 2 aromatic carbocycles. The van der Waals surface area contributed by atoms with Crippen molar-refractivity contribution in [3.8, 4) is 22.5 Å². The van der Waals surface area contributed by atoms with Crippen LogP contribution in [0.25, 0.3) is 28.2 Å². The first-order chi connectivity index (χ1) is 14.7. The first-order valence-electron chi connectivity index (χ1n) is 9.72. The van der Waals surface area contributed by atoms with Crippen LogP contribution >= 0.6 is 12.2 Å². The topological polar surface area (TPSA) is 88.5 Å². The number of rotatable bonds is 6. The van der Waals surface area contributed by atoms with Gasteiger partial charge in [0.2, 0.25) is 0 Å². The predicted octanol–water partition coefficient (Wildman–Crippen LogP) is 4.02. The zero-order chi connectivity index (χ0) is 22.2. The molecular weight excluding hydrogens is 413 g/mol. The Morgan fingerprint density at radius 2 is 1.77 bits per heavy atom. The van der Waals surface area contributed by atoms with Crippen LogP contribution in [0.4, 0.5) is 10.1 Å². The van der Waals surface area contributed by atoms with Gasteiger partial charge in [-0.05, 0) is 44.2 Å². The Morgan fingerprint density at radius 3 is 2.39 bits per heavy atom. The van der Waals surface area contributed by atoms with E-state index in [1.165, 1.54) is 12.1 Å². The van der Waals surface area contributed by atoms with Crippen molar-refractivity contribution in [2.75, 3.05) is 11.9 Å². The minimum atomic E-state index is -0.914.